The fourth-order valence-electron chi connectivity index (χ4n) is 3.27. The minimum Gasteiger partial charge on any atom is -0.314 e. The van der Waals surface area contributed by atoms with Gasteiger partial charge in [-0.05, 0) is 29.0 Å². The monoisotopic (exact) mass is 295 g/mol. The number of nitrogens with two attached hydrogens (primary N) is 1. The van der Waals surface area contributed by atoms with Crippen molar-refractivity contribution >= 4 is 5.71 Å². The van der Waals surface area contributed by atoms with Crippen molar-refractivity contribution in [1.82, 2.24) is 5.48 Å². The fourth-order valence-corrected chi connectivity index (χ4v) is 3.27. The molecular formula is C18H21N3O. The van der Waals surface area contributed by atoms with Gasteiger partial charge in [-0.2, -0.15) is 5.48 Å². The minimum atomic E-state index is -0.793. The van der Waals surface area contributed by atoms with Gasteiger partial charge in [-0.25, -0.2) is 0 Å². The van der Waals surface area contributed by atoms with E-state index in [9.17, 15) is 0 Å². The molecule has 0 saturated heterocycles. The van der Waals surface area contributed by atoms with E-state index in [1.54, 1.807) is 0 Å². The van der Waals surface area contributed by atoms with Gasteiger partial charge in [-0.3, -0.25) is 10.7 Å². The highest BCUT2D eigenvalue weighted by Crippen LogP contribution is 2.39. The molecule has 22 heavy (non-hydrogen) atoms. The Morgan fingerprint density at radius 1 is 1.14 bits per heavy atom. The van der Waals surface area contributed by atoms with Crippen LogP contribution in [-0.2, 0) is 0 Å². The van der Waals surface area contributed by atoms with E-state index in [-0.39, 0.29) is 5.92 Å². The van der Waals surface area contributed by atoms with Crippen LogP contribution in [0.1, 0.15) is 36.0 Å². The molecule has 0 aromatic heterocycles. The molecule has 3 rings (SSSR count). The van der Waals surface area contributed by atoms with E-state index in [4.69, 9.17) is 10.9 Å². The molecule has 2 aromatic carbocycles. The summed E-state index contributed by atoms with van der Waals surface area (Å²) in [6, 6.07) is 18.9. The van der Waals surface area contributed by atoms with Crippen LogP contribution in [0.15, 0.2) is 59.6 Å². The highest BCUT2D eigenvalue weighted by Gasteiger charge is 2.30. The summed E-state index contributed by atoms with van der Waals surface area (Å²) >= 11 is 0. The van der Waals surface area contributed by atoms with Gasteiger partial charge in [0.2, 0.25) is 0 Å². The molecule has 0 saturated carbocycles. The summed E-state index contributed by atoms with van der Waals surface area (Å²) in [5, 5.41) is 8.95. The van der Waals surface area contributed by atoms with Gasteiger partial charge >= 0.3 is 0 Å². The second kappa shape index (κ2) is 6.40. The predicted molar refractivity (Wildman–Crippen MR) is 87.9 cm³/mol. The van der Waals surface area contributed by atoms with Crippen molar-refractivity contribution in [2.24, 2.45) is 16.6 Å². The topological polar surface area (TPSA) is 70.6 Å². The lowest BCUT2D eigenvalue weighted by atomic mass is 9.73. The van der Waals surface area contributed by atoms with Gasteiger partial charge in [0.25, 0.3) is 0 Å². The number of nitrogens with zero attached hydrogens (tertiary/aromatic N) is 1. The molecule has 0 amide bonds. The molecule has 0 spiro atoms. The van der Waals surface area contributed by atoms with Crippen molar-refractivity contribution < 1.29 is 5.21 Å². The molecule has 4 heteroatoms. The average molecular weight is 295 g/mol. The summed E-state index contributed by atoms with van der Waals surface area (Å²) < 4.78 is 0. The summed E-state index contributed by atoms with van der Waals surface area (Å²) in [5.41, 5.74) is 12.4. The second-order valence-corrected chi connectivity index (χ2v) is 5.78. The third-order valence-electron chi connectivity index (χ3n) is 4.28. The maximum atomic E-state index is 8.95. The van der Waals surface area contributed by atoms with Crippen molar-refractivity contribution in [3.63, 3.8) is 0 Å². The van der Waals surface area contributed by atoms with Crippen LogP contribution in [0, 0.1) is 5.92 Å². The Hall–Kier alpha value is -2.01. The zero-order valence-corrected chi connectivity index (χ0v) is 12.6. The molecule has 3 atom stereocenters. The van der Waals surface area contributed by atoms with Crippen LogP contribution in [0.4, 0.5) is 0 Å². The van der Waals surface area contributed by atoms with E-state index in [2.05, 4.69) is 54.4 Å². The summed E-state index contributed by atoms with van der Waals surface area (Å²) in [6.07, 6.45) is 0.191. The lowest BCUT2D eigenvalue weighted by Gasteiger charge is -2.32. The number of hydrogen-bond donors (Lipinski definition) is 3. The first kappa shape index (κ1) is 14.9. The van der Waals surface area contributed by atoms with Gasteiger partial charge in [0, 0.05) is 11.6 Å². The van der Waals surface area contributed by atoms with Crippen molar-refractivity contribution in [1.29, 1.82) is 0 Å². The Labute approximate surface area is 130 Å². The lowest BCUT2D eigenvalue weighted by molar-refractivity contribution is 0.131. The van der Waals surface area contributed by atoms with Crippen LogP contribution in [0.3, 0.4) is 0 Å². The number of nitrogens with one attached hydrogen (secondary N) is 1. The van der Waals surface area contributed by atoms with Crippen molar-refractivity contribution in [3.8, 4) is 0 Å². The summed E-state index contributed by atoms with van der Waals surface area (Å²) in [4.78, 5) is 4.44. The van der Waals surface area contributed by atoms with Crippen LogP contribution < -0.4 is 11.2 Å². The Bertz CT molecular complexity index is 669. The Balaban J connectivity index is 2.08. The predicted octanol–water partition coefficient (Wildman–Crippen LogP) is 2.87. The number of aliphatic imine (C=N–C) groups is 1. The lowest BCUT2D eigenvalue weighted by Crippen LogP contribution is -2.36. The zero-order chi connectivity index (χ0) is 15.5. The highest BCUT2D eigenvalue weighted by molar-refractivity contribution is 6.04. The third kappa shape index (κ3) is 2.81. The van der Waals surface area contributed by atoms with Crippen LogP contribution in [0.2, 0.25) is 0 Å². The maximum absolute atomic E-state index is 8.95. The van der Waals surface area contributed by atoms with Crippen molar-refractivity contribution in [3.05, 3.63) is 71.3 Å². The van der Waals surface area contributed by atoms with Gasteiger partial charge in [0.05, 0.1) is 0 Å². The van der Waals surface area contributed by atoms with E-state index in [0.717, 1.165) is 17.7 Å². The number of rotatable bonds is 3. The van der Waals surface area contributed by atoms with E-state index in [1.807, 2.05) is 17.6 Å². The van der Waals surface area contributed by atoms with Gasteiger partial charge in [0.1, 0.15) is 0 Å². The van der Waals surface area contributed by atoms with E-state index >= 15 is 0 Å². The van der Waals surface area contributed by atoms with Crippen LogP contribution in [0.5, 0.6) is 0 Å². The SMILES string of the molecule is CC1CC(c2ccccc2)c2ccccc2C1=NC(N)NO. The standard InChI is InChI=1S/C18H21N3O/c1-12-11-16(13-7-3-2-4-8-13)14-9-5-6-10-15(14)17(12)20-18(19)21-22/h2-10,12,16,18,21-22H,11,19H2,1H3. The summed E-state index contributed by atoms with van der Waals surface area (Å²) in [7, 11) is 0. The fraction of sp³-hybridized carbons (Fsp3) is 0.278. The van der Waals surface area contributed by atoms with E-state index < -0.39 is 6.29 Å². The molecule has 4 nitrogen and oxygen atoms in total. The number of fused-ring (bicyclic) bond motifs is 1. The molecule has 0 aliphatic heterocycles. The first-order chi connectivity index (χ1) is 10.7. The number of benzene rings is 2. The smallest absolute Gasteiger partial charge is 0.172 e. The largest absolute Gasteiger partial charge is 0.314 e. The Morgan fingerprint density at radius 3 is 2.55 bits per heavy atom. The molecule has 2 aromatic rings. The first-order valence-corrected chi connectivity index (χ1v) is 7.58. The molecule has 0 fully saturated rings. The van der Waals surface area contributed by atoms with Gasteiger partial charge in [-0.1, -0.05) is 61.5 Å². The molecule has 0 bridgehead atoms. The van der Waals surface area contributed by atoms with Gasteiger partial charge < -0.3 is 5.21 Å². The van der Waals surface area contributed by atoms with E-state index in [1.165, 1.54) is 11.1 Å². The third-order valence-corrected chi connectivity index (χ3v) is 4.28. The molecule has 1 aliphatic rings. The maximum Gasteiger partial charge on any atom is 0.172 e. The molecule has 3 unspecified atom stereocenters. The van der Waals surface area contributed by atoms with Gasteiger partial charge in [-0.15, -0.1) is 0 Å². The first-order valence-electron chi connectivity index (χ1n) is 7.58. The van der Waals surface area contributed by atoms with Gasteiger partial charge in [0.15, 0.2) is 6.29 Å². The van der Waals surface area contributed by atoms with Crippen molar-refractivity contribution in [2.45, 2.75) is 25.6 Å². The zero-order valence-electron chi connectivity index (χ0n) is 12.6. The molecule has 0 heterocycles. The van der Waals surface area contributed by atoms with Crippen LogP contribution in [-0.4, -0.2) is 17.2 Å². The Kier molecular flexibility index (Phi) is 4.34. The molecule has 1 aliphatic carbocycles. The molecule has 4 N–H and O–H groups in total. The summed E-state index contributed by atoms with van der Waals surface area (Å²) in [6.45, 7) is 2.16. The molecular weight excluding hydrogens is 274 g/mol. The normalized spacial score (nSPS) is 24.0. The average Bonchev–Trinajstić information content (AvgIpc) is 2.57. The van der Waals surface area contributed by atoms with Crippen LogP contribution >= 0.6 is 0 Å². The number of hydrogen-bond acceptors (Lipinski definition) is 4. The van der Waals surface area contributed by atoms with E-state index in [0.29, 0.717) is 5.92 Å². The Morgan fingerprint density at radius 2 is 1.82 bits per heavy atom. The number of hydroxylamine groups is 1. The molecule has 114 valence electrons. The summed E-state index contributed by atoms with van der Waals surface area (Å²) in [5.74, 6) is 0.643. The van der Waals surface area contributed by atoms with Crippen LogP contribution in [0.25, 0.3) is 0 Å². The van der Waals surface area contributed by atoms with Crippen molar-refractivity contribution in [2.75, 3.05) is 0 Å². The quantitative estimate of drug-likeness (QED) is 0.602. The minimum absolute atomic E-state index is 0.277. The highest BCUT2D eigenvalue weighted by atomic mass is 16.5. The molecule has 0 radical (unpaired) electrons. The second-order valence-electron chi connectivity index (χ2n) is 5.78.